The molecule has 5 heterocycles. The van der Waals surface area contributed by atoms with Crippen molar-refractivity contribution in [2.75, 3.05) is 38.3 Å². The summed E-state index contributed by atoms with van der Waals surface area (Å²) in [5, 5.41) is 4.40. The van der Waals surface area contributed by atoms with Crippen molar-refractivity contribution in [2.24, 2.45) is 11.8 Å². The molecule has 0 spiro atoms. The zero-order valence-corrected chi connectivity index (χ0v) is 16.8. The van der Waals surface area contributed by atoms with E-state index in [4.69, 9.17) is 9.72 Å². The van der Waals surface area contributed by atoms with Gasteiger partial charge in [0.2, 0.25) is 0 Å². The van der Waals surface area contributed by atoms with Crippen LogP contribution in [-0.4, -0.2) is 58.1 Å². The molecule has 1 aliphatic carbocycles. The van der Waals surface area contributed by atoms with Crippen LogP contribution in [0.25, 0.3) is 11.2 Å². The Balaban J connectivity index is 0.000000149. The van der Waals surface area contributed by atoms with Crippen LogP contribution in [0.5, 0.6) is 5.75 Å². The van der Waals surface area contributed by atoms with Crippen LogP contribution in [0.3, 0.4) is 0 Å². The fourth-order valence-electron chi connectivity index (χ4n) is 3.95. The van der Waals surface area contributed by atoms with E-state index in [-0.39, 0.29) is 5.75 Å². The molecule has 2 saturated heterocycles. The Morgan fingerprint density at radius 1 is 1.13 bits per heavy atom. The van der Waals surface area contributed by atoms with Crippen LogP contribution in [0.15, 0.2) is 30.7 Å². The normalized spacial score (nSPS) is 22.5. The predicted octanol–water partition coefficient (Wildman–Crippen LogP) is 2.96. The van der Waals surface area contributed by atoms with E-state index >= 15 is 0 Å². The highest BCUT2D eigenvalue weighted by Crippen LogP contribution is 2.46. The maximum Gasteiger partial charge on any atom is 0.437 e. The Hall–Kier alpha value is -2.95. The van der Waals surface area contributed by atoms with Crippen molar-refractivity contribution >= 4 is 17.0 Å². The van der Waals surface area contributed by atoms with Gasteiger partial charge in [0.1, 0.15) is 23.1 Å². The van der Waals surface area contributed by atoms with Gasteiger partial charge in [-0.15, -0.1) is 0 Å². The molecule has 2 unspecified atom stereocenters. The molecule has 3 aromatic heterocycles. The summed E-state index contributed by atoms with van der Waals surface area (Å²) in [6, 6.07) is 2.93. The topological polar surface area (TPSA) is 78.2 Å². The van der Waals surface area contributed by atoms with E-state index in [1.54, 1.807) is 6.20 Å². The Labute approximate surface area is 176 Å². The van der Waals surface area contributed by atoms with E-state index < -0.39 is 11.9 Å². The minimum Gasteiger partial charge on any atom is -0.494 e. The standard InChI is InChI=1S/C13H15N5O.C7H6F3NO/c1-8-4-17(5-9(1)8)12-3-14-11-2-15-18(13(11)16-12)10-6-19-7-10;1-12-5-3-2-4-11-6(5)7(8,9)10/h2-3,8-10H,1,4-7H2;2-4H,1H3. The third-order valence-corrected chi connectivity index (χ3v) is 5.82. The van der Waals surface area contributed by atoms with Crippen LogP contribution >= 0.6 is 0 Å². The Morgan fingerprint density at radius 3 is 2.52 bits per heavy atom. The van der Waals surface area contributed by atoms with Gasteiger partial charge in [-0.25, -0.2) is 19.6 Å². The summed E-state index contributed by atoms with van der Waals surface area (Å²) in [6.07, 6.45) is 1.71. The summed E-state index contributed by atoms with van der Waals surface area (Å²) >= 11 is 0. The number of alkyl halides is 3. The number of halogens is 3. The number of fused-ring (bicyclic) bond motifs is 2. The zero-order valence-electron chi connectivity index (χ0n) is 16.8. The number of anilines is 1. The Morgan fingerprint density at radius 2 is 1.90 bits per heavy atom. The number of nitrogens with zero attached hydrogens (tertiary/aromatic N) is 6. The van der Waals surface area contributed by atoms with Gasteiger partial charge in [0.25, 0.3) is 0 Å². The first kappa shape index (κ1) is 20.0. The lowest BCUT2D eigenvalue weighted by Crippen LogP contribution is -2.31. The van der Waals surface area contributed by atoms with E-state index in [1.807, 2.05) is 10.9 Å². The average Bonchev–Trinajstić information content (AvgIpc) is 3.14. The molecule has 0 amide bonds. The van der Waals surface area contributed by atoms with E-state index in [9.17, 15) is 13.2 Å². The Bertz CT molecular complexity index is 1070. The van der Waals surface area contributed by atoms with Gasteiger partial charge in [-0.2, -0.15) is 18.3 Å². The zero-order chi connectivity index (χ0) is 21.6. The SMILES string of the molecule is COc1cccnc1C(F)(F)F.c1nc2cnn(C3COC3)c2nc1N1CC2CC2C1. The number of ether oxygens (including phenoxy) is 2. The van der Waals surface area contributed by atoms with Crippen molar-refractivity contribution in [1.82, 2.24) is 24.7 Å². The number of pyridine rings is 1. The minimum absolute atomic E-state index is 0.259. The molecule has 0 bridgehead atoms. The third kappa shape index (κ3) is 3.89. The highest BCUT2D eigenvalue weighted by Gasteiger charge is 2.45. The van der Waals surface area contributed by atoms with E-state index in [2.05, 4.69) is 24.7 Å². The molecule has 2 aliphatic heterocycles. The second-order valence-electron chi connectivity index (χ2n) is 7.93. The summed E-state index contributed by atoms with van der Waals surface area (Å²) in [6.45, 7) is 3.75. The number of piperidine rings is 1. The largest absolute Gasteiger partial charge is 0.494 e. The lowest BCUT2D eigenvalue weighted by atomic mass is 10.3. The van der Waals surface area contributed by atoms with Crippen LogP contribution < -0.4 is 9.64 Å². The number of hydrogen-bond acceptors (Lipinski definition) is 7. The van der Waals surface area contributed by atoms with Crippen LogP contribution in [-0.2, 0) is 10.9 Å². The van der Waals surface area contributed by atoms with Crippen LogP contribution in [0.2, 0.25) is 0 Å². The molecule has 11 heteroatoms. The van der Waals surface area contributed by atoms with Gasteiger partial charge in [0.05, 0.1) is 32.7 Å². The number of rotatable bonds is 3. The number of methoxy groups -OCH3 is 1. The van der Waals surface area contributed by atoms with Gasteiger partial charge in [-0.1, -0.05) is 0 Å². The summed E-state index contributed by atoms with van der Waals surface area (Å²) in [5.74, 6) is 2.55. The fourth-order valence-corrected chi connectivity index (χ4v) is 3.95. The maximum atomic E-state index is 12.1. The number of aromatic nitrogens is 5. The lowest BCUT2D eigenvalue weighted by molar-refractivity contribution is -0.142. The average molecular weight is 434 g/mol. The molecule has 1 saturated carbocycles. The van der Waals surface area contributed by atoms with E-state index in [0.717, 1.165) is 61.3 Å². The predicted molar refractivity (Wildman–Crippen MR) is 105 cm³/mol. The van der Waals surface area contributed by atoms with Crippen molar-refractivity contribution in [3.05, 3.63) is 36.4 Å². The van der Waals surface area contributed by atoms with Gasteiger partial charge in [0.15, 0.2) is 11.3 Å². The molecule has 3 aliphatic rings. The molecule has 0 radical (unpaired) electrons. The van der Waals surface area contributed by atoms with E-state index in [1.165, 1.54) is 25.7 Å². The van der Waals surface area contributed by atoms with Crippen molar-refractivity contribution in [1.29, 1.82) is 0 Å². The first-order chi connectivity index (χ1) is 14.9. The van der Waals surface area contributed by atoms with Crippen LogP contribution in [0, 0.1) is 11.8 Å². The molecular weight excluding hydrogens is 413 g/mol. The van der Waals surface area contributed by atoms with E-state index in [0.29, 0.717) is 6.04 Å². The second-order valence-corrected chi connectivity index (χ2v) is 7.93. The van der Waals surface area contributed by atoms with Gasteiger partial charge >= 0.3 is 6.18 Å². The number of hydrogen-bond donors (Lipinski definition) is 0. The van der Waals surface area contributed by atoms with Crippen molar-refractivity contribution in [2.45, 2.75) is 18.6 Å². The molecular formula is C20H21F3N6O2. The first-order valence-electron chi connectivity index (χ1n) is 10.0. The molecule has 6 rings (SSSR count). The van der Waals surface area contributed by atoms with Crippen LogP contribution in [0.4, 0.5) is 19.0 Å². The van der Waals surface area contributed by atoms with Crippen LogP contribution in [0.1, 0.15) is 18.2 Å². The molecule has 0 N–H and O–H groups in total. The summed E-state index contributed by atoms with van der Waals surface area (Å²) < 4.78 is 48.0. The molecule has 31 heavy (non-hydrogen) atoms. The summed E-state index contributed by atoms with van der Waals surface area (Å²) in [7, 11) is 1.17. The first-order valence-corrected chi connectivity index (χ1v) is 10.0. The van der Waals surface area contributed by atoms with Gasteiger partial charge < -0.3 is 14.4 Å². The molecule has 164 valence electrons. The summed E-state index contributed by atoms with van der Waals surface area (Å²) in [5.41, 5.74) is 0.777. The minimum atomic E-state index is -4.45. The lowest BCUT2D eigenvalue weighted by Gasteiger charge is -2.26. The fraction of sp³-hybridized carbons (Fsp3) is 0.500. The van der Waals surface area contributed by atoms with Gasteiger partial charge in [0, 0.05) is 19.3 Å². The molecule has 2 atom stereocenters. The maximum absolute atomic E-state index is 12.1. The van der Waals surface area contributed by atoms with Gasteiger partial charge in [-0.3, -0.25) is 0 Å². The van der Waals surface area contributed by atoms with Gasteiger partial charge in [-0.05, 0) is 30.4 Å². The molecule has 3 fully saturated rings. The Kier molecular flexibility index (Phi) is 4.92. The molecule has 3 aromatic rings. The van der Waals surface area contributed by atoms with Crippen molar-refractivity contribution < 1.29 is 22.6 Å². The highest BCUT2D eigenvalue weighted by molar-refractivity contribution is 5.71. The smallest absolute Gasteiger partial charge is 0.437 e. The molecule has 8 nitrogen and oxygen atoms in total. The molecule has 0 aromatic carbocycles. The third-order valence-electron chi connectivity index (χ3n) is 5.82. The van der Waals surface area contributed by atoms with Crippen molar-refractivity contribution in [3.8, 4) is 5.75 Å². The quantitative estimate of drug-likeness (QED) is 0.627. The monoisotopic (exact) mass is 434 g/mol. The highest BCUT2D eigenvalue weighted by atomic mass is 19.4. The summed E-state index contributed by atoms with van der Waals surface area (Å²) in [4.78, 5) is 14.8. The second kappa shape index (κ2) is 7.63. The van der Waals surface area contributed by atoms with Crippen molar-refractivity contribution in [3.63, 3.8) is 0 Å².